The van der Waals surface area contributed by atoms with Crippen LogP contribution in [0, 0.1) is 19.8 Å². The first-order valence-electron chi connectivity index (χ1n) is 17.9. The van der Waals surface area contributed by atoms with E-state index >= 15 is 0 Å². The van der Waals surface area contributed by atoms with Crippen molar-refractivity contribution < 1.29 is 33.7 Å². The van der Waals surface area contributed by atoms with Gasteiger partial charge < -0.3 is 59.5 Å². The highest BCUT2D eigenvalue weighted by Crippen LogP contribution is 2.33. The van der Waals surface area contributed by atoms with Gasteiger partial charge in [-0.1, -0.05) is 51.5 Å². The van der Waals surface area contributed by atoms with Crippen LogP contribution in [0.3, 0.4) is 0 Å². The highest BCUT2D eigenvalue weighted by atomic mass is 35.5. The van der Waals surface area contributed by atoms with Gasteiger partial charge in [-0.25, -0.2) is 4.98 Å². The lowest BCUT2D eigenvalue weighted by molar-refractivity contribution is -0.0302. The number of ether oxygens (including phenoxy) is 2. The summed E-state index contributed by atoms with van der Waals surface area (Å²) in [5.41, 5.74) is -1.23. The van der Waals surface area contributed by atoms with Crippen LogP contribution >= 0.6 is 46.4 Å². The molecule has 0 saturated carbocycles. The lowest BCUT2D eigenvalue weighted by Gasteiger charge is -2.45. The van der Waals surface area contributed by atoms with Crippen molar-refractivity contribution in [1.82, 2.24) is 40.8 Å². The number of rotatable bonds is 12. The number of hydrogen-bond donors (Lipinski definition) is 7. The number of methoxy groups -OCH3 is 1. The fourth-order valence-corrected chi connectivity index (χ4v) is 7.69. The van der Waals surface area contributed by atoms with Crippen molar-refractivity contribution in [2.75, 3.05) is 49.7 Å². The second kappa shape index (κ2) is 16.4. The van der Waals surface area contributed by atoms with Crippen molar-refractivity contribution in [3.8, 4) is 0 Å². The molecular formula is C35H46Cl4N10O7. The Balaban J connectivity index is 1.29. The lowest BCUT2D eigenvalue weighted by atomic mass is 9.89. The average molecular weight is 861 g/mol. The van der Waals surface area contributed by atoms with Crippen LogP contribution in [0.5, 0.6) is 0 Å². The van der Waals surface area contributed by atoms with Crippen molar-refractivity contribution in [3.63, 3.8) is 0 Å². The molecule has 3 unspecified atom stereocenters. The maximum absolute atomic E-state index is 13.8. The molecule has 2 amide bonds. The van der Waals surface area contributed by atoms with Crippen molar-refractivity contribution in [3.05, 3.63) is 60.8 Å². The molecule has 4 aromatic rings. The minimum atomic E-state index is -1.36. The molecule has 17 nitrogen and oxygen atoms in total. The summed E-state index contributed by atoms with van der Waals surface area (Å²) in [7, 11) is 1.56. The third-order valence-corrected chi connectivity index (χ3v) is 11.9. The van der Waals surface area contributed by atoms with Gasteiger partial charge in [0.25, 0.3) is 11.8 Å². The molecule has 7 N–H and O–H groups in total. The highest BCUT2D eigenvalue weighted by Gasteiger charge is 2.42. The number of aryl methyl sites for hydroxylation is 2. The normalized spacial score (nSPS) is 22.1. The summed E-state index contributed by atoms with van der Waals surface area (Å²) in [6.07, 6.45) is 0.826. The summed E-state index contributed by atoms with van der Waals surface area (Å²) in [6.45, 7) is 11.2. The van der Waals surface area contributed by atoms with Gasteiger partial charge in [-0.15, -0.1) is 5.10 Å². The number of hydrogen-bond acceptors (Lipinski definition) is 12. The topological polar surface area (TPSA) is 223 Å². The Morgan fingerprint density at radius 3 is 2.00 bits per heavy atom. The van der Waals surface area contributed by atoms with Gasteiger partial charge in [0.2, 0.25) is 5.89 Å². The molecule has 6 rings (SSSR count). The van der Waals surface area contributed by atoms with Crippen molar-refractivity contribution in [1.29, 1.82) is 0 Å². The van der Waals surface area contributed by atoms with Gasteiger partial charge >= 0.3 is 6.01 Å². The molecule has 6 heterocycles. The molecule has 0 bridgehead atoms. The summed E-state index contributed by atoms with van der Waals surface area (Å²) >= 11 is 25.4. The summed E-state index contributed by atoms with van der Waals surface area (Å²) in [4.78, 5) is 44.7. The molecule has 21 heteroatoms. The molecular weight excluding hydrogens is 814 g/mol. The first-order chi connectivity index (χ1) is 26.3. The number of aromatic amines is 3. The molecule has 306 valence electrons. The van der Waals surface area contributed by atoms with Crippen molar-refractivity contribution in [2.45, 2.75) is 83.5 Å². The van der Waals surface area contributed by atoms with Crippen LogP contribution in [0.25, 0.3) is 0 Å². The van der Waals surface area contributed by atoms with E-state index < -0.39 is 53.2 Å². The van der Waals surface area contributed by atoms with Gasteiger partial charge in [-0.3, -0.25) is 9.59 Å². The van der Waals surface area contributed by atoms with Gasteiger partial charge in [-0.05, 0) is 48.0 Å². The molecule has 2 fully saturated rings. The van der Waals surface area contributed by atoms with Gasteiger partial charge in [0, 0.05) is 44.0 Å². The summed E-state index contributed by atoms with van der Waals surface area (Å²) in [5.74, 6) is -0.304. The molecule has 0 aliphatic carbocycles. The SMILES string of the molecule is CO[C@H]1CN(c2cnc(C(C)(C)O)[nH]2)CC(CO[C@H]2CN(c3nnc(C(C)(C)O)o3)CCC2NC(=O)c2[nH]c(C)c(Cl)c2Cl)C1NC(=O)c1[nH]c(C)c(Cl)c1Cl. The molecule has 5 atom stereocenters. The monoisotopic (exact) mass is 858 g/mol. The average Bonchev–Trinajstić information content (AvgIpc) is 3.94. The molecule has 2 aliphatic heterocycles. The first-order valence-corrected chi connectivity index (χ1v) is 19.4. The van der Waals surface area contributed by atoms with Gasteiger partial charge in [0.1, 0.15) is 34.2 Å². The summed E-state index contributed by atoms with van der Waals surface area (Å²) < 4.78 is 18.6. The van der Waals surface area contributed by atoms with E-state index in [2.05, 4.69) is 40.8 Å². The fraction of sp³-hybridized carbons (Fsp3) is 0.571. The van der Waals surface area contributed by atoms with Crippen molar-refractivity contribution in [2.24, 2.45) is 5.92 Å². The number of H-pyrrole nitrogens is 3. The Morgan fingerprint density at radius 1 is 0.875 bits per heavy atom. The molecule has 0 radical (unpaired) electrons. The van der Waals surface area contributed by atoms with Crippen LogP contribution in [0.1, 0.15) is 78.2 Å². The minimum Gasteiger partial charge on any atom is -0.405 e. The maximum atomic E-state index is 13.8. The number of nitrogens with zero attached hydrogens (tertiary/aromatic N) is 5. The standard InChI is InChI=1S/C35H46Cl4N10O7/c1-15-22(36)24(38)27(41-15)29(50)43-18-8-9-48(33-47-46-32(56-33)35(5,6)53)12-19(18)55-14-17-11-49(21-10-40-31(44-21)34(3,4)52)13-20(54-7)26(17)45-30(51)28-25(39)23(37)16(2)42-28/h10,17-20,26,41-42,52-53H,8-9,11-14H2,1-7H3,(H,40,44)(H,43,50)(H,45,51)/t17?,18?,19-,20-,26?/m0/s1. The van der Waals surface area contributed by atoms with E-state index in [-0.39, 0.29) is 56.5 Å². The zero-order valence-electron chi connectivity index (χ0n) is 31.9. The van der Waals surface area contributed by atoms with E-state index in [4.69, 9.17) is 60.3 Å². The van der Waals surface area contributed by atoms with Gasteiger partial charge in [0.15, 0.2) is 0 Å². The number of aliphatic hydroxyl groups is 2. The van der Waals surface area contributed by atoms with Crippen LogP contribution in [0.2, 0.25) is 20.1 Å². The maximum Gasteiger partial charge on any atom is 0.318 e. The first kappa shape index (κ1) is 42.1. The quantitative estimate of drug-likeness (QED) is 0.105. The molecule has 2 aliphatic rings. The van der Waals surface area contributed by atoms with Gasteiger partial charge in [0.05, 0.1) is 63.7 Å². The second-order valence-electron chi connectivity index (χ2n) is 15.3. The van der Waals surface area contributed by atoms with E-state index in [1.54, 1.807) is 54.8 Å². The Labute approximate surface area is 343 Å². The molecule has 0 spiro atoms. The number of piperidine rings is 2. The number of nitrogens with one attached hydrogen (secondary N) is 5. The zero-order chi connectivity index (χ0) is 40.9. The summed E-state index contributed by atoms with van der Waals surface area (Å²) in [6, 6.07) is -0.938. The smallest absolute Gasteiger partial charge is 0.318 e. The van der Waals surface area contributed by atoms with Crippen LogP contribution < -0.4 is 20.4 Å². The van der Waals surface area contributed by atoms with E-state index in [0.29, 0.717) is 49.1 Å². The number of imidazole rings is 1. The third-order valence-electron chi connectivity index (χ3n) is 10.0. The van der Waals surface area contributed by atoms with E-state index in [0.717, 1.165) is 0 Å². The van der Waals surface area contributed by atoms with Crippen LogP contribution in [0.4, 0.5) is 11.8 Å². The third kappa shape index (κ3) is 8.79. The number of carbonyl (C=O) groups excluding carboxylic acids is 2. The summed E-state index contributed by atoms with van der Waals surface area (Å²) in [5, 5.41) is 36.1. The van der Waals surface area contributed by atoms with E-state index in [1.165, 1.54) is 0 Å². The number of amides is 2. The predicted molar refractivity (Wildman–Crippen MR) is 210 cm³/mol. The predicted octanol–water partition coefficient (Wildman–Crippen LogP) is 4.48. The van der Waals surface area contributed by atoms with Crippen molar-refractivity contribution >= 4 is 70.1 Å². The molecule has 0 aromatic carbocycles. The van der Waals surface area contributed by atoms with E-state index in [1.807, 2.05) is 9.80 Å². The Bertz CT molecular complexity index is 2050. The number of carbonyl (C=O) groups is 2. The fourth-order valence-electron chi connectivity index (χ4n) is 6.86. The van der Waals surface area contributed by atoms with Gasteiger partial charge in [-0.2, -0.15) is 0 Å². The Hall–Kier alpha value is -3.55. The number of halogens is 4. The zero-order valence-corrected chi connectivity index (χ0v) is 34.9. The van der Waals surface area contributed by atoms with Crippen LogP contribution in [-0.2, 0) is 20.7 Å². The number of aromatic nitrogens is 6. The molecule has 4 aromatic heterocycles. The Kier molecular flexibility index (Phi) is 12.3. The number of anilines is 2. The second-order valence-corrected chi connectivity index (χ2v) is 16.8. The Morgan fingerprint density at radius 2 is 1.48 bits per heavy atom. The van der Waals surface area contributed by atoms with E-state index in [9.17, 15) is 19.8 Å². The molecule has 2 saturated heterocycles. The largest absolute Gasteiger partial charge is 0.405 e. The highest BCUT2D eigenvalue weighted by molar-refractivity contribution is 6.45. The molecule has 56 heavy (non-hydrogen) atoms. The van der Waals surface area contributed by atoms with Crippen LogP contribution in [0.15, 0.2) is 10.6 Å². The minimum absolute atomic E-state index is 0.0470. The van der Waals surface area contributed by atoms with Crippen LogP contribution in [-0.4, -0.2) is 116 Å². The lowest BCUT2D eigenvalue weighted by Crippen LogP contribution is -2.62.